The van der Waals surface area contributed by atoms with Gasteiger partial charge < -0.3 is 24.4 Å². The van der Waals surface area contributed by atoms with E-state index in [4.69, 9.17) is 10.00 Å². The molecule has 2 fully saturated rings. The van der Waals surface area contributed by atoms with Gasteiger partial charge in [-0.2, -0.15) is 5.26 Å². The zero-order valence-electron chi connectivity index (χ0n) is 19.1. The number of nitrogens with zero attached hydrogens (tertiary/aromatic N) is 5. The van der Waals surface area contributed by atoms with Gasteiger partial charge in [-0.15, -0.1) is 0 Å². The molecule has 5 rings (SSSR count). The molecule has 0 unspecified atom stereocenters. The number of benzene rings is 2. The van der Waals surface area contributed by atoms with E-state index in [0.29, 0.717) is 25.2 Å². The summed E-state index contributed by atoms with van der Waals surface area (Å²) in [5.74, 6) is 0.109. The number of carbonyl (C=O) groups is 1. The first-order valence-electron chi connectivity index (χ1n) is 11.7. The van der Waals surface area contributed by atoms with Crippen LogP contribution in [0.2, 0.25) is 0 Å². The summed E-state index contributed by atoms with van der Waals surface area (Å²) in [7, 11) is 0. The van der Waals surface area contributed by atoms with Crippen LogP contribution in [0.5, 0.6) is 0 Å². The average molecular weight is 457 g/mol. The molecule has 3 aromatic rings. The topological polar surface area (TPSA) is 86.4 Å². The van der Waals surface area contributed by atoms with Gasteiger partial charge in [0.2, 0.25) is 5.91 Å². The Kier molecular flexibility index (Phi) is 6.56. The third-order valence-electron chi connectivity index (χ3n) is 6.51. The van der Waals surface area contributed by atoms with Gasteiger partial charge in [0, 0.05) is 50.3 Å². The minimum Gasteiger partial charge on any atom is -0.378 e. The molecular weight excluding hydrogens is 428 g/mol. The van der Waals surface area contributed by atoms with Gasteiger partial charge in [-0.3, -0.25) is 4.79 Å². The zero-order chi connectivity index (χ0) is 23.3. The van der Waals surface area contributed by atoms with Crippen molar-refractivity contribution in [2.75, 3.05) is 42.6 Å². The zero-order valence-corrected chi connectivity index (χ0v) is 19.1. The molecule has 0 radical (unpaired) electrons. The van der Waals surface area contributed by atoms with Crippen LogP contribution in [0.25, 0.3) is 0 Å². The Hall–Kier alpha value is -3.67. The summed E-state index contributed by atoms with van der Waals surface area (Å²) >= 11 is 0. The van der Waals surface area contributed by atoms with Crippen molar-refractivity contribution in [2.45, 2.75) is 25.6 Å². The highest BCUT2D eigenvalue weighted by atomic mass is 16.5. The fourth-order valence-electron chi connectivity index (χ4n) is 4.54. The molecule has 3 heterocycles. The number of nitrogens with one attached hydrogen (secondary N) is 1. The largest absolute Gasteiger partial charge is 0.378 e. The molecule has 0 bridgehead atoms. The third kappa shape index (κ3) is 4.81. The molecule has 0 aliphatic carbocycles. The van der Waals surface area contributed by atoms with Crippen LogP contribution in [0.4, 0.5) is 11.4 Å². The van der Waals surface area contributed by atoms with Crippen molar-refractivity contribution in [3.63, 3.8) is 0 Å². The Morgan fingerprint density at radius 2 is 1.76 bits per heavy atom. The van der Waals surface area contributed by atoms with E-state index in [0.717, 1.165) is 49.7 Å². The van der Waals surface area contributed by atoms with E-state index in [-0.39, 0.29) is 11.9 Å². The van der Waals surface area contributed by atoms with Crippen LogP contribution in [-0.4, -0.2) is 54.3 Å². The number of ether oxygens (including phenoxy) is 1. The molecule has 8 heteroatoms. The van der Waals surface area contributed by atoms with E-state index >= 15 is 0 Å². The van der Waals surface area contributed by atoms with Crippen LogP contribution in [-0.2, 0) is 22.6 Å². The summed E-state index contributed by atoms with van der Waals surface area (Å²) < 4.78 is 7.50. The molecular formula is C26H28N6O2. The molecule has 2 aromatic carbocycles. The highest BCUT2D eigenvalue weighted by molar-refractivity contribution is 5.99. The van der Waals surface area contributed by atoms with Crippen LogP contribution in [0, 0.1) is 11.3 Å². The highest BCUT2D eigenvalue weighted by Gasteiger charge is 2.32. The van der Waals surface area contributed by atoms with Crippen molar-refractivity contribution in [3.05, 3.63) is 77.9 Å². The normalized spacial score (nSPS) is 18.3. The molecule has 1 amide bonds. The fourth-order valence-corrected chi connectivity index (χ4v) is 4.54. The van der Waals surface area contributed by atoms with Gasteiger partial charge in [0.15, 0.2) is 0 Å². The number of anilines is 2. The Morgan fingerprint density at radius 1 is 1.03 bits per heavy atom. The number of hydrogen-bond donors (Lipinski definition) is 1. The lowest BCUT2D eigenvalue weighted by atomic mass is 10.1. The molecule has 2 saturated heterocycles. The number of carbonyl (C=O) groups excluding carboxylic acids is 1. The maximum Gasteiger partial charge on any atom is 0.244 e. The van der Waals surface area contributed by atoms with Crippen LogP contribution >= 0.6 is 0 Å². The van der Waals surface area contributed by atoms with E-state index in [1.807, 2.05) is 47.5 Å². The lowest BCUT2D eigenvalue weighted by molar-refractivity contribution is -0.118. The molecule has 1 aromatic heterocycles. The van der Waals surface area contributed by atoms with Gasteiger partial charge >= 0.3 is 0 Å². The Balaban J connectivity index is 1.17. The van der Waals surface area contributed by atoms with Gasteiger partial charge in [0.1, 0.15) is 0 Å². The first-order valence-corrected chi connectivity index (χ1v) is 11.7. The quantitative estimate of drug-likeness (QED) is 0.588. The molecule has 174 valence electrons. The van der Waals surface area contributed by atoms with E-state index in [2.05, 4.69) is 38.0 Å². The molecule has 2 aliphatic rings. The Labute approximate surface area is 199 Å². The van der Waals surface area contributed by atoms with Gasteiger partial charge in [0.25, 0.3) is 0 Å². The van der Waals surface area contributed by atoms with E-state index in [1.165, 1.54) is 5.69 Å². The number of hydrogen-bond acceptors (Lipinski definition) is 6. The second-order valence-corrected chi connectivity index (χ2v) is 8.65. The molecule has 0 saturated carbocycles. The smallest absolute Gasteiger partial charge is 0.244 e. The predicted molar refractivity (Wildman–Crippen MR) is 130 cm³/mol. The van der Waals surface area contributed by atoms with E-state index in [9.17, 15) is 4.79 Å². The third-order valence-corrected chi connectivity index (χ3v) is 6.51. The molecule has 1 atom stereocenters. The van der Waals surface area contributed by atoms with Crippen LogP contribution < -0.4 is 15.1 Å². The number of aromatic nitrogens is 2. The number of morpholine rings is 1. The van der Waals surface area contributed by atoms with Gasteiger partial charge in [-0.05, 0) is 48.4 Å². The average Bonchev–Trinajstić information content (AvgIpc) is 3.49. The van der Waals surface area contributed by atoms with Crippen molar-refractivity contribution in [1.82, 2.24) is 14.9 Å². The number of amides is 1. The van der Waals surface area contributed by atoms with E-state index < -0.39 is 0 Å². The van der Waals surface area contributed by atoms with Gasteiger partial charge in [-0.1, -0.05) is 12.1 Å². The molecule has 1 N–H and O–H groups in total. The fraction of sp³-hybridized carbons (Fsp3) is 0.346. The number of nitriles is 1. The Morgan fingerprint density at radius 3 is 2.50 bits per heavy atom. The molecule has 34 heavy (non-hydrogen) atoms. The molecule has 8 nitrogen and oxygen atoms in total. The molecule has 2 aliphatic heterocycles. The van der Waals surface area contributed by atoms with Crippen molar-refractivity contribution >= 4 is 17.3 Å². The first kappa shape index (κ1) is 22.1. The van der Waals surface area contributed by atoms with Crippen LogP contribution in [0.3, 0.4) is 0 Å². The standard InChI is InChI=1S/C26H28N6O2/c27-15-20-1-3-21(4-2-20)18-31-19-28-16-24(31)17-29-25-9-10-32(26(25)33)23-7-5-22(6-8-23)30-11-13-34-14-12-30/h1-8,16,19,25,29H,9-14,17-18H2/t25-/m1/s1. The van der Waals surface area contributed by atoms with Crippen LogP contribution in [0.15, 0.2) is 61.1 Å². The van der Waals surface area contributed by atoms with Crippen molar-refractivity contribution in [2.24, 2.45) is 0 Å². The van der Waals surface area contributed by atoms with Gasteiger partial charge in [0.05, 0.1) is 42.9 Å². The minimum atomic E-state index is -0.211. The van der Waals surface area contributed by atoms with Gasteiger partial charge in [-0.25, -0.2) is 4.98 Å². The van der Waals surface area contributed by atoms with Crippen molar-refractivity contribution in [3.8, 4) is 6.07 Å². The summed E-state index contributed by atoms with van der Waals surface area (Å²) in [5.41, 5.74) is 4.88. The summed E-state index contributed by atoms with van der Waals surface area (Å²) in [5, 5.41) is 12.4. The minimum absolute atomic E-state index is 0.109. The van der Waals surface area contributed by atoms with Crippen LogP contribution in [0.1, 0.15) is 23.2 Å². The summed E-state index contributed by atoms with van der Waals surface area (Å²) in [6.07, 6.45) is 4.40. The number of rotatable bonds is 7. The predicted octanol–water partition coefficient (Wildman–Crippen LogP) is 2.53. The summed E-state index contributed by atoms with van der Waals surface area (Å²) in [6.45, 7) is 5.25. The summed E-state index contributed by atoms with van der Waals surface area (Å²) in [4.78, 5) is 21.5. The van der Waals surface area contributed by atoms with E-state index in [1.54, 1.807) is 6.33 Å². The second-order valence-electron chi connectivity index (χ2n) is 8.65. The van der Waals surface area contributed by atoms with Crippen molar-refractivity contribution < 1.29 is 9.53 Å². The SMILES string of the molecule is N#Cc1ccc(Cn2cncc2CN[C@@H]2CCN(c3ccc(N4CCOCC4)cc3)C2=O)cc1. The lowest BCUT2D eigenvalue weighted by Crippen LogP contribution is -2.38. The lowest BCUT2D eigenvalue weighted by Gasteiger charge is -2.29. The van der Waals surface area contributed by atoms with Crippen molar-refractivity contribution in [1.29, 1.82) is 5.26 Å². The maximum atomic E-state index is 13.1. The Bertz CT molecular complexity index is 1160. The molecule has 0 spiro atoms. The highest BCUT2D eigenvalue weighted by Crippen LogP contribution is 2.25. The first-order chi connectivity index (χ1) is 16.7. The monoisotopic (exact) mass is 456 g/mol. The summed E-state index contributed by atoms with van der Waals surface area (Å²) in [6, 6.07) is 17.8. The maximum absolute atomic E-state index is 13.1. The second kappa shape index (κ2) is 10.1. The number of imidazole rings is 1.